The van der Waals surface area contributed by atoms with Crippen LogP contribution in [0.25, 0.3) is 0 Å². The standard InChI is InChI=1S/C9H15N3O3S/c1-7-9(5-10-11-7)16(13,14)12-4-3-8(6-12)15-2/h5,8H,3-4,6H2,1-2H3,(H,10,11). The average molecular weight is 245 g/mol. The number of nitrogens with one attached hydrogen (secondary N) is 1. The summed E-state index contributed by atoms with van der Waals surface area (Å²) in [4.78, 5) is 0.254. The maximum Gasteiger partial charge on any atom is 0.246 e. The van der Waals surface area contributed by atoms with Crippen LogP contribution >= 0.6 is 0 Å². The SMILES string of the molecule is COC1CCN(S(=O)(=O)c2cn[nH]c2C)C1. The molecule has 0 aromatic carbocycles. The van der Waals surface area contributed by atoms with Gasteiger partial charge in [0.2, 0.25) is 10.0 Å². The molecule has 2 rings (SSSR count). The molecule has 0 saturated carbocycles. The largest absolute Gasteiger partial charge is 0.380 e. The Morgan fingerprint density at radius 3 is 2.88 bits per heavy atom. The van der Waals surface area contributed by atoms with Gasteiger partial charge in [-0.2, -0.15) is 9.40 Å². The van der Waals surface area contributed by atoms with Crippen LogP contribution in [0.2, 0.25) is 0 Å². The van der Waals surface area contributed by atoms with Gasteiger partial charge in [-0.3, -0.25) is 5.10 Å². The number of methoxy groups -OCH3 is 1. The minimum Gasteiger partial charge on any atom is -0.380 e. The molecule has 1 unspecified atom stereocenters. The lowest BCUT2D eigenvalue weighted by Crippen LogP contribution is -2.30. The Bertz CT molecular complexity index is 468. The highest BCUT2D eigenvalue weighted by Crippen LogP contribution is 2.23. The third-order valence-electron chi connectivity index (χ3n) is 2.84. The van der Waals surface area contributed by atoms with Crippen LogP contribution in [0.3, 0.4) is 0 Å². The van der Waals surface area contributed by atoms with Crippen molar-refractivity contribution in [3.63, 3.8) is 0 Å². The first-order chi connectivity index (χ1) is 7.55. The molecule has 0 amide bonds. The van der Waals surface area contributed by atoms with Gasteiger partial charge >= 0.3 is 0 Å². The molecule has 1 N–H and O–H groups in total. The number of nitrogens with zero attached hydrogens (tertiary/aromatic N) is 2. The lowest BCUT2D eigenvalue weighted by Gasteiger charge is -2.15. The van der Waals surface area contributed by atoms with Gasteiger partial charge < -0.3 is 4.74 Å². The summed E-state index contributed by atoms with van der Waals surface area (Å²) >= 11 is 0. The molecule has 1 aromatic rings. The molecule has 6 nitrogen and oxygen atoms in total. The molecule has 1 fully saturated rings. The minimum absolute atomic E-state index is 0.00184. The zero-order chi connectivity index (χ0) is 11.8. The van der Waals surface area contributed by atoms with Crippen LogP contribution in [-0.2, 0) is 14.8 Å². The maximum atomic E-state index is 12.2. The van der Waals surface area contributed by atoms with E-state index in [1.54, 1.807) is 14.0 Å². The van der Waals surface area contributed by atoms with Gasteiger partial charge in [0.05, 0.1) is 18.0 Å². The summed E-state index contributed by atoms with van der Waals surface area (Å²) in [5.41, 5.74) is 0.570. The van der Waals surface area contributed by atoms with Gasteiger partial charge in [-0.15, -0.1) is 0 Å². The summed E-state index contributed by atoms with van der Waals surface area (Å²) in [5, 5.41) is 6.37. The Kier molecular flexibility index (Phi) is 3.00. The van der Waals surface area contributed by atoms with E-state index in [9.17, 15) is 8.42 Å². The molecule has 7 heteroatoms. The summed E-state index contributed by atoms with van der Waals surface area (Å²) in [6.45, 7) is 2.62. The highest BCUT2D eigenvalue weighted by molar-refractivity contribution is 7.89. The van der Waals surface area contributed by atoms with Crippen molar-refractivity contribution in [2.75, 3.05) is 20.2 Å². The first-order valence-corrected chi connectivity index (χ1v) is 6.52. The molecule has 90 valence electrons. The Morgan fingerprint density at radius 1 is 1.62 bits per heavy atom. The molecule has 0 spiro atoms. The Hall–Kier alpha value is -0.920. The quantitative estimate of drug-likeness (QED) is 0.821. The number of H-pyrrole nitrogens is 1. The summed E-state index contributed by atoms with van der Waals surface area (Å²) in [6.07, 6.45) is 2.10. The fraction of sp³-hybridized carbons (Fsp3) is 0.667. The Balaban J connectivity index is 2.25. The summed E-state index contributed by atoms with van der Waals surface area (Å²) in [6, 6.07) is 0. The van der Waals surface area contributed by atoms with Crippen LogP contribution in [0.1, 0.15) is 12.1 Å². The molecular formula is C9H15N3O3S. The van der Waals surface area contributed by atoms with Gasteiger partial charge in [0.25, 0.3) is 0 Å². The fourth-order valence-electron chi connectivity index (χ4n) is 1.85. The van der Waals surface area contributed by atoms with Gasteiger partial charge in [0.1, 0.15) is 4.90 Å². The van der Waals surface area contributed by atoms with Crippen molar-refractivity contribution in [3.8, 4) is 0 Å². The minimum atomic E-state index is -3.41. The third kappa shape index (κ3) is 1.85. The van der Waals surface area contributed by atoms with Crippen molar-refractivity contribution in [1.82, 2.24) is 14.5 Å². The van der Waals surface area contributed by atoms with E-state index < -0.39 is 10.0 Å². The van der Waals surface area contributed by atoms with Crippen LogP contribution in [0.15, 0.2) is 11.1 Å². The van der Waals surface area contributed by atoms with E-state index in [1.165, 1.54) is 10.5 Å². The second kappa shape index (κ2) is 4.15. The first kappa shape index (κ1) is 11.6. The number of ether oxygens (including phenoxy) is 1. The van der Waals surface area contributed by atoms with Crippen molar-refractivity contribution >= 4 is 10.0 Å². The van der Waals surface area contributed by atoms with Crippen molar-refractivity contribution in [2.24, 2.45) is 0 Å². The zero-order valence-corrected chi connectivity index (χ0v) is 10.1. The van der Waals surface area contributed by atoms with E-state index in [-0.39, 0.29) is 11.0 Å². The second-order valence-electron chi connectivity index (χ2n) is 3.87. The number of aromatic amines is 1. The first-order valence-electron chi connectivity index (χ1n) is 5.08. The van der Waals surface area contributed by atoms with Gasteiger partial charge in [0.15, 0.2) is 0 Å². The molecule has 1 atom stereocenters. The molecule has 0 radical (unpaired) electrons. The van der Waals surface area contributed by atoms with E-state index in [0.717, 1.165) is 6.42 Å². The van der Waals surface area contributed by atoms with Gasteiger partial charge in [0, 0.05) is 20.2 Å². The van der Waals surface area contributed by atoms with E-state index in [2.05, 4.69) is 10.2 Å². The van der Waals surface area contributed by atoms with Crippen LogP contribution in [0.5, 0.6) is 0 Å². The van der Waals surface area contributed by atoms with Crippen LogP contribution < -0.4 is 0 Å². The predicted octanol–water partition coefficient (Wildman–Crippen LogP) is 0.128. The molecule has 1 aromatic heterocycles. The topological polar surface area (TPSA) is 75.3 Å². The number of hydrogen-bond acceptors (Lipinski definition) is 4. The summed E-state index contributed by atoms with van der Waals surface area (Å²) < 4.78 is 31.0. The molecule has 2 heterocycles. The number of hydrogen-bond donors (Lipinski definition) is 1. The maximum absolute atomic E-state index is 12.2. The number of rotatable bonds is 3. The van der Waals surface area contributed by atoms with Gasteiger partial charge in [-0.1, -0.05) is 0 Å². The Morgan fingerprint density at radius 2 is 2.38 bits per heavy atom. The second-order valence-corrected chi connectivity index (χ2v) is 5.78. The molecule has 1 aliphatic rings. The normalized spacial score (nSPS) is 22.8. The van der Waals surface area contributed by atoms with E-state index >= 15 is 0 Å². The fourth-order valence-corrected chi connectivity index (χ4v) is 3.45. The molecule has 0 aliphatic carbocycles. The lowest BCUT2D eigenvalue weighted by atomic mass is 10.3. The molecular weight excluding hydrogens is 230 g/mol. The Labute approximate surface area is 94.6 Å². The molecule has 0 bridgehead atoms. The summed E-state index contributed by atoms with van der Waals surface area (Å²) in [7, 11) is -1.81. The van der Waals surface area contributed by atoms with Crippen molar-refractivity contribution in [1.29, 1.82) is 0 Å². The van der Waals surface area contributed by atoms with E-state index in [1.807, 2.05) is 0 Å². The van der Waals surface area contributed by atoms with Crippen LogP contribution in [-0.4, -0.2) is 49.2 Å². The predicted molar refractivity (Wildman–Crippen MR) is 57.5 cm³/mol. The molecule has 16 heavy (non-hydrogen) atoms. The number of aromatic nitrogens is 2. The van der Waals surface area contributed by atoms with Crippen LogP contribution in [0, 0.1) is 6.92 Å². The number of sulfonamides is 1. The zero-order valence-electron chi connectivity index (χ0n) is 9.30. The monoisotopic (exact) mass is 245 g/mol. The van der Waals surface area contributed by atoms with Gasteiger partial charge in [-0.05, 0) is 13.3 Å². The smallest absolute Gasteiger partial charge is 0.246 e. The molecule has 1 saturated heterocycles. The third-order valence-corrected chi connectivity index (χ3v) is 4.82. The van der Waals surface area contributed by atoms with E-state index in [0.29, 0.717) is 18.8 Å². The lowest BCUT2D eigenvalue weighted by molar-refractivity contribution is 0.115. The van der Waals surface area contributed by atoms with E-state index in [4.69, 9.17) is 4.74 Å². The van der Waals surface area contributed by atoms with Crippen LogP contribution in [0.4, 0.5) is 0 Å². The number of aryl methyl sites for hydroxylation is 1. The van der Waals surface area contributed by atoms with Crippen molar-refractivity contribution in [3.05, 3.63) is 11.9 Å². The molecule has 1 aliphatic heterocycles. The highest BCUT2D eigenvalue weighted by atomic mass is 32.2. The van der Waals surface area contributed by atoms with Crippen molar-refractivity contribution < 1.29 is 13.2 Å². The highest BCUT2D eigenvalue weighted by Gasteiger charge is 2.33. The summed E-state index contributed by atoms with van der Waals surface area (Å²) in [5.74, 6) is 0. The van der Waals surface area contributed by atoms with Gasteiger partial charge in [-0.25, -0.2) is 8.42 Å². The van der Waals surface area contributed by atoms with Crippen molar-refractivity contribution in [2.45, 2.75) is 24.3 Å². The average Bonchev–Trinajstić information content (AvgIpc) is 2.85.